The average Bonchev–Trinajstić information content (AvgIpc) is 3.57. The van der Waals surface area contributed by atoms with E-state index in [1.807, 2.05) is 54.8 Å². The Morgan fingerprint density at radius 3 is 2.42 bits per heavy atom. The summed E-state index contributed by atoms with van der Waals surface area (Å²) in [6, 6.07) is 19.5. The Kier molecular flexibility index (Phi) is 7.88. The molecule has 36 heavy (non-hydrogen) atoms. The van der Waals surface area contributed by atoms with E-state index >= 15 is 0 Å². The zero-order valence-electron chi connectivity index (χ0n) is 20.3. The van der Waals surface area contributed by atoms with Crippen LogP contribution in [0, 0.1) is 0 Å². The lowest BCUT2D eigenvalue weighted by Gasteiger charge is -2.20. The summed E-state index contributed by atoms with van der Waals surface area (Å²) in [6.45, 7) is 6.44. The van der Waals surface area contributed by atoms with Gasteiger partial charge in [-0.1, -0.05) is 38.1 Å². The first-order valence-electron chi connectivity index (χ1n) is 11.7. The molecule has 0 radical (unpaired) electrons. The third-order valence-corrected chi connectivity index (χ3v) is 8.50. The van der Waals surface area contributed by atoms with Gasteiger partial charge in [-0.2, -0.15) is 9.40 Å². The first kappa shape index (κ1) is 25.6. The summed E-state index contributed by atoms with van der Waals surface area (Å²) in [5, 5.41) is 9.49. The lowest BCUT2D eigenvalue weighted by Crippen LogP contribution is -2.30. The molecule has 0 saturated carbocycles. The minimum absolute atomic E-state index is 0.0841. The van der Waals surface area contributed by atoms with Crippen LogP contribution in [0.1, 0.15) is 31.3 Å². The van der Waals surface area contributed by atoms with Crippen molar-refractivity contribution in [3.05, 3.63) is 77.8 Å². The van der Waals surface area contributed by atoms with Crippen LogP contribution in [0.15, 0.2) is 77.0 Å². The fraction of sp³-hybridized carbons (Fsp3) is 0.231. The van der Waals surface area contributed by atoms with Crippen LogP contribution in [-0.2, 0) is 10.0 Å². The first-order valence-corrected chi connectivity index (χ1v) is 14.0. The number of benzene rings is 2. The van der Waals surface area contributed by atoms with E-state index in [0.29, 0.717) is 36.8 Å². The quantitative estimate of drug-likeness (QED) is 0.305. The molecule has 0 bridgehead atoms. The van der Waals surface area contributed by atoms with Crippen LogP contribution < -0.4 is 10.1 Å². The van der Waals surface area contributed by atoms with E-state index < -0.39 is 15.9 Å². The lowest BCUT2D eigenvalue weighted by molar-refractivity contribution is 0.101. The van der Waals surface area contributed by atoms with Crippen LogP contribution >= 0.6 is 11.3 Å². The van der Waals surface area contributed by atoms with Crippen molar-refractivity contribution >= 4 is 33.0 Å². The minimum atomic E-state index is -3.72. The van der Waals surface area contributed by atoms with Crippen molar-refractivity contribution in [1.29, 1.82) is 0 Å². The number of hydrogen-bond acceptors (Lipinski definition) is 6. The number of aromatic nitrogens is 2. The Labute approximate surface area is 215 Å². The van der Waals surface area contributed by atoms with Crippen molar-refractivity contribution in [2.45, 2.75) is 25.7 Å². The molecule has 2 heterocycles. The van der Waals surface area contributed by atoms with Gasteiger partial charge in [-0.3, -0.25) is 4.79 Å². The van der Waals surface area contributed by atoms with Crippen molar-refractivity contribution in [3.8, 4) is 22.0 Å². The number of amides is 1. The maximum Gasteiger partial charge on any atom is 0.274 e. The molecule has 1 amide bonds. The number of hydrogen-bond donors (Lipinski definition) is 1. The second-order valence-electron chi connectivity index (χ2n) is 7.77. The number of carbonyl (C=O) groups is 1. The predicted molar refractivity (Wildman–Crippen MR) is 143 cm³/mol. The van der Waals surface area contributed by atoms with Gasteiger partial charge in [0.2, 0.25) is 10.0 Å². The van der Waals surface area contributed by atoms with Crippen LogP contribution in [0.25, 0.3) is 16.3 Å². The topological polar surface area (TPSA) is 93.5 Å². The second kappa shape index (κ2) is 11.1. The maximum absolute atomic E-state index is 13.6. The molecule has 4 rings (SSSR count). The number of nitrogens with zero attached hydrogens (tertiary/aromatic N) is 3. The van der Waals surface area contributed by atoms with Crippen LogP contribution in [0.3, 0.4) is 0 Å². The number of anilines is 1. The summed E-state index contributed by atoms with van der Waals surface area (Å²) in [5.41, 5.74) is 1.98. The Morgan fingerprint density at radius 2 is 1.78 bits per heavy atom. The summed E-state index contributed by atoms with van der Waals surface area (Å²) in [5.74, 6) is -0.0545. The summed E-state index contributed by atoms with van der Waals surface area (Å²) in [7, 11) is -3.72. The van der Waals surface area contributed by atoms with Gasteiger partial charge in [0.25, 0.3) is 5.91 Å². The normalized spacial score (nSPS) is 11.6. The van der Waals surface area contributed by atoms with E-state index in [0.717, 1.165) is 10.6 Å². The Morgan fingerprint density at radius 1 is 1.03 bits per heavy atom. The molecule has 8 nitrogen and oxygen atoms in total. The Balaban J connectivity index is 1.76. The molecule has 0 spiro atoms. The number of carbonyl (C=O) groups excluding carboxylic acids is 1. The molecule has 0 aliphatic heterocycles. The molecular formula is C26H28N4O4S2. The van der Waals surface area contributed by atoms with Crippen LogP contribution in [-0.4, -0.2) is 48.1 Å². The van der Waals surface area contributed by atoms with E-state index in [1.54, 1.807) is 30.7 Å². The third kappa shape index (κ3) is 5.20. The smallest absolute Gasteiger partial charge is 0.274 e. The molecule has 2 aromatic heterocycles. The van der Waals surface area contributed by atoms with E-state index in [4.69, 9.17) is 4.74 Å². The standard InChI is InChI=1S/C26H28N4O4S2/c1-4-29(5-2)36(32,33)20-14-15-24(34-6-3)21(17-20)27-26(31)23-18-22(25-13-10-16-35-25)28-30(23)19-11-8-7-9-12-19/h7-18H,4-6H2,1-3H3,(H,27,31). The molecule has 1 N–H and O–H groups in total. The number of sulfonamides is 1. The van der Waals surface area contributed by atoms with Crippen molar-refractivity contribution in [2.24, 2.45) is 0 Å². The van der Waals surface area contributed by atoms with E-state index in [1.165, 1.54) is 27.8 Å². The zero-order valence-corrected chi connectivity index (χ0v) is 22.0. The molecule has 4 aromatic rings. The van der Waals surface area contributed by atoms with Crippen molar-refractivity contribution in [2.75, 3.05) is 25.0 Å². The minimum Gasteiger partial charge on any atom is -0.492 e. The van der Waals surface area contributed by atoms with Gasteiger partial charge < -0.3 is 10.1 Å². The number of thiophene rings is 1. The fourth-order valence-corrected chi connectivity index (χ4v) is 5.97. The highest BCUT2D eigenvalue weighted by Crippen LogP contribution is 2.31. The van der Waals surface area contributed by atoms with Gasteiger partial charge >= 0.3 is 0 Å². The van der Waals surface area contributed by atoms with E-state index in [-0.39, 0.29) is 10.6 Å². The maximum atomic E-state index is 13.6. The van der Waals surface area contributed by atoms with Gasteiger partial charge in [0.1, 0.15) is 17.1 Å². The van der Waals surface area contributed by atoms with Gasteiger partial charge in [0.15, 0.2) is 0 Å². The number of rotatable bonds is 10. The summed E-state index contributed by atoms with van der Waals surface area (Å²) in [4.78, 5) is 14.6. The molecule has 188 valence electrons. The van der Waals surface area contributed by atoms with E-state index in [9.17, 15) is 13.2 Å². The summed E-state index contributed by atoms with van der Waals surface area (Å²) in [6.07, 6.45) is 0. The highest BCUT2D eigenvalue weighted by Gasteiger charge is 2.25. The van der Waals surface area contributed by atoms with Crippen molar-refractivity contribution < 1.29 is 17.9 Å². The number of nitrogens with one attached hydrogen (secondary N) is 1. The van der Waals surface area contributed by atoms with Gasteiger partial charge in [-0.15, -0.1) is 11.3 Å². The van der Waals surface area contributed by atoms with Gasteiger partial charge in [0.05, 0.1) is 27.8 Å². The van der Waals surface area contributed by atoms with Crippen LogP contribution in [0.4, 0.5) is 5.69 Å². The molecule has 0 saturated heterocycles. The highest BCUT2D eigenvalue weighted by atomic mass is 32.2. The third-order valence-electron chi connectivity index (χ3n) is 5.56. The molecular weight excluding hydrogens is 496 g/mol. The van der Waals surface area contributed by atoms with Gasteiger partial charge in [0, 0.05) is 13.1 Å². The summed E-state index contributed by atoms with van der Waals surface area (Å²) < 4.78 is 34.9. The zero-order chi connectivity index (χ0) is 25.7. The van der Waals surface area contributed by atoms with Gasteiger partial charge in [-0.05, 0) is 54.8 Å². The lowest BCUT2D eigenvalue weighted by atomic mass is 10.2. The molecule has 2 aromatic carbocycles. The molecule has 0 unspecified atom stereocenters. The second-order valence-corrected chi connectivity index (χ2v) is 10.7. The molecule has 10 heteroatoms. The largest absolute Gasteiger partial charge is 0.492 e. The number of para-hydroxylation sites is 1. The fourth-order valence-electron chi connectivity index (χ4n) is 3.80. The molecule has 0 atom stereocenters. The SMILES string of the molecule is CCOc1ccc(S(=O)(=O)N(CC)CC)cc1NC(=O)c1cc(-c2cccs2)nn1-c1ccccc1. The van der Waals surface area contributed by atoms with Gasteiger partial charge in [-0.25, -0.2) is 13.1 Å². The Hall–Kier alpha value is -3.47. The van der Waals surface area contributed by atoms with E-state index in [2.05, 4.69) is 10.4 Å². The monoisotopic (exact) mass is 524 g/mol. The number of ether oxygens (including phenoxy) is 1. The predicted octanol–water partition coefficient (Wildman–Crippen LogP) is 5.28. The first-order chi connectivity index (χ1) is 17.4. The van der Waals surface area contributed by atoms with Crippen molar-refractivity contribution in [3.63, 3.8) is 0 Å². The molecule has 0 aliphatic carbocycles. The Bertz CT molecular complexity index is 1430. The average molecular weight is 525 g/mol. The van der Waals surface area contributed by atoms with Crippen LogP contribution in [0.5, 0.6) is 5.75 Å². The summed E-state index contributed by atoms with van der Waals surface area (Å²) >= 11 is 1.53. The highest BCUT2D eigenvalue weighted by molar-refractivity contribution is 7.89. The molecule has 0 fully saturated rings. The van der Waals surface area contributed by atoms with Crippen LogP contribution in [0.2, 0.25) is 0 Å². The van der Waals surface area contributed by atoms with Crippen molar-refractivity contribution in [1.82, 2.24) is 14.1 Å². The molecule has 0 aliphatic rings.